The van der Waals surface area contributed by atoms with Crippen molar-refractivity contribution in [2.24, 2.45) is 5.92 Å². The molecule has 0 aliphatic carbocycles. The predicted octanol–water partition coefficient (Wildman–Crippen LogP) is 0.724. The van der Waals surface area contributed by atoms with E-state index >= 15 is 0 Å². The normalized spacial score (nSPS) is 25.5. The first-order valence-corrected chi connectivity index (χ1v) is 10.1. The Kier molecular flexibility index (Phi) is 4.72. The van der Waals surface area contributed by atoms with Crippen molar-refractivity contribution in [3.05, 3.63) is 23.7 Å². The van der Waals surface area contributed by atoms with Crippen LogP contribution in [0.2, 0.25) is 0 Å². The van der Waals surface area contributed by atoms with Gasteiger partial charge in [0.05, 0.1) is 25.3 Å². The van der Waals surface area contributed by atoms with Crippen LogP contribution in [0.15, 0.2) is 16.5 Å². The van der Waals surface area contributed by atoms with E-state index in [0.29, 0.717) is 12.3 Å². The van der Waals surface area contributed by atoms with Gasteiger partial charge in [0.25, 0.3) is 0 Å². The highest BCUT2D eigenvalue weighted by atomic mass is 32.2. The average molecular weight is 355 g/mol. The lowest BCUT2D eigenvalue weighted by Crippen LogP contribution is -2.45. The van der Waals surface area contributed by atoms with Crippen LogP contribution < -0.4 is 0 Å². The minimum Gasteiger partial charge on any atom is -0.463 e. The van der Waals surface area contributed by atoms with Crippen molar-refractivity contribution < 1.29 is 17.6 Å². The van der Waals surface area contributed by atoms with Crippen LogP contribution in [0.4, 0.5) is 0 Å². The van der Waals surface area contributed by atoms with Crippen LogP contribution in [0.5, 0.6) is 0 Å². The Bertz CT molecular complexity index is 715. The van der Waals surface area contributed by atoms with Crippen LogP contribution in [-0.2, 0) is 27.9 Å². The van der Waals surface area contributed by atoms with Gasteiger partial charge >= 0.3 is 0 Å². The van der Waals surface area contributed by atoms with E-state index in [4.69, 9.17) is 4.42 Å². The van der Waals surface area contributed by atoms with E-state index in [1.165, 1.54) is 17.6 Å². The van der Waals surface area contributed by atoms with E-state index in [0.717, 1.165) is 31.7 Å². The zero-order chi connectivity index (χ0) is 17.5. The Balaban J connectivity index is 1.64. The minimum atomic E-state index is -3.22. The summed E-state index contributed by atoms with van der Waals surface area (Å²) in [7, 11) is 0.208. The molecule has 1 aromatic heterocycles. The molecule has 3 fully saturated rings. The van der Waals surface area contributed by atoms with Gasteiger partial charge in [-0.15, -0.1) is 0 Å². The first-order chi connectivity index (χ1) is 11.2. The SMILES string of the molecule is CN1C(=O)[C@H]2CC[C@@H]1CN(Cc1ccc(CN(C)S(C)(=O)=O)o1)C2. The lowest BCUT2D eigenvalue weighted by atomic mass is 9.95. The van der Waals surface area contributed by atoms with Gasteiger partial charge in [0.15, 0.2) is 0 Å². The van der Waals surface area contributed by atoms with Crippen molar-refractivity contribution in [2.75, 3.05) is 33.4 Å². The highest BCUT2D eigenvalue weighted by molar-refractivity contribution is 7.88. The van der Waals surface area contributed by atoms with Crippen LogP contribution in [0.25, 0.3) is 0 Å². The van der Waals surface area contributed by atoms with Crippen molar-refractivity contribution in [3.8, 4) is 0 Å². The first kappa shape index (κ1) is 17.4. The summed E-state index contributed by atoms with van der Waals surface area (Å²) in [5.41, 5.74) is 0. The molecule has 0 radical (unpaired) electrons. The lowest BCUT2D eigenvalue weighted by molar-refractivity contribution is -0.138. The van der Waals surface area contributed by atoms with Crippen LogP contribution in [0.3, 0.4) is 0 Å². The maximum Gasteiger partial charge on any atom is 0.227 e. The molecule has 1 amide bonds. The Morgan fingerprint density at radius 2 is 1.96 bits per heavy atom. The summed E-state index contributed by atoms with van der Waals surface area (Å²) in [4.78, 5) is 16.4. The highest BCUT2D eigenvalue weighted by Crippen LogP contribution is 2.29. The zero-order valence-corrected chi connectivity index (χ0v) is 15.3. The van der Waals surface area contributed by atoms with Gasteiger partial charge in [-0.25, -0.2) is 8.42 Å². The van der Waals surface area contributed by atoms with E-state index in [-0.39, 0.29) is 24.4 Å². The standard InChI is InChI=1S/C16H25N3O4S/c1-17(24(3,21)22)10-14-6-7-15(23-14)11-19-8-12-4-5-13(9-19)18(2)16(12)20/h6-7,12-13H,4-5,8-11H2,1-3H3/t12-,13+/m0/s1. The van der Waals surface area contributed by atoms with Crippen molar-refractivity contribution in [1.29, 1.82) is 0 Å². The molecule has 7 nitrogen and oxygen atoms in total. The molecule has 3 aliphatic rings. The highest BCUT2D eigenvalue weighted by Gasteiger charge is 2.38. The van der Waals surface area contributed by atoms with Gasteiger partial charge in [-0.1, -0.05) is 0 Å². The summed E-state index contributed by atoms with van der Waals surface area (Å²) in [6, 6.07) is 3.99. The summed E-state index contributed by atoms with van der Waals surface area (Å²) >= 11 is 0. The van der Waals surface area contributed by atoms with Gasteiger partial charge in [0.1, 0.15) is 11.5 Å². The molecule has 0 spiro atoms. The molecule has 0 aromatic carbocycles. The number of nitrogens with zero attached hydrogens (tertiary/aromatic N) is 3. The maximum atomic E-state index is 12.2. The van der Waals surface area contributed by atoms with Gasteiger partial charge in [-0.05, 0) is 25.0 Å². The second-order valence-electron chi connectivity index (χ2n) is 6.96. The molecule has 134 valence electrons. The first-order valence-electron chi connectivity index (χ1n) is 8.22. The lowest BCUT2D eigenvalue weighted by Gasteiger charge is -2.32. The number of piperidine rings is 1. The van der Waals surface area contributed by atoms with Crippen LogP contribution >= 0.6 is 0 Å². The van der Waals surface area contributed by atoms with Gasteiger partial charge in [0.2, 0.25) is 15.9 Å². The van der Waals surface area contributed by atoms with Gasteiger partial charge in [-0.2, -0.15) is 4.31 Å². The molecule has 0 saturated carbocycles. The van der Waals surface area contributed by atoms with E-state index in [1.54, 1.807) is 0 Å². The predicted molar refractivity (Wildman–Crippen MR) is 89.6 cm³/mol. The van der Waals surface area contributed by atoms with Crippen LogP contribution in [-0.4, -0.2) is 67.9 Å². The molecule has 4 rings (SSSR count). The van der Waals surface area contributed by atoms with Crippen LogP contribution in [0, 0.1) is 5.92 Å². The number of carbonyl (C=O) groups excluding carboxylic acids is 1. The Morgan fingerprint density at radius 1 is 1.25 bits per heavy atom. The molecule has 4 heterocycles. The fourth-order valence-electron chi connectivity index (χ4n) is 3.52. The Labute approximate surface area is 143 Å². The molecule has 1 aromatic rings. The summed E-state index contributed by atoms with van der Waals surface area (Å²) in [6.45, 7) is 2.50. The number of hydrogen-bond acceptors (Lipinski definition) is 5. The molecule has 0 N–H and O–H groups in total. The number of furan rings is 1. The fourth-order valence-corrected chi connectivity index (χ4v) is 3.89. The van der Waals surface area contributed by atoms with Gasteiger partial charge in [-0.3, -0.25) is 9.69 Å². The number of fused-ring (bicyclic) bond motifs is 4. The average Bonchev–Trinajstić information content (AvgIpc) is 2.76. The van der Waals surface area contributed by atoms with E-state index in [1.807, 2.05) is 24.1 Å². The largest absolute Gasteiger partial charge is 0.463 e. The second-order valence-corrected chi connectivity index (χ2v) is 9.05. The number of amides is 1. The minimum absolute atomic E-state index is 0.0829. The van der Waals surface area contributed by atoms with Crippen molar-refractivity contribution >= 4 is 15.9 Å². The van der Waals surface area contributed by atoms with Gasteiger partial charge < -0.3 is 9.32 Å². The summed E-state index contributed by atoms with van der Waals surface area (Å²) in [6.07, 6.45) is 3.20. The van der Waals surface area contributed by atoms with Crippen molar-refractivity contribution in [3.63, 3.8) is 0 Å². The third-order valence-corrected chi connectivity index (χ3v) is 6.34. The molecule has 24 heavy (non-hydrogen) atoms. The van der Waals surface area contributed by atoms with Crippen molar-refractivity contribution in [2.45, 2.75) is 32.0 Å². The topological polar surface area (TPSA) is 74.1 Å². The number of carbonyl (C=O) groups is 1. The fraction of sp³-hybridized carbons (Fsp3) is 0.688. The number of sulfonamides is 1. The van der Waals surface area contributed by atoms with Crippen molar-refractivity contribution in [1.82, 2.24) is 14.1 Å². The number of hydrogen-bond donors (Lipinski definition) is 0. The Morgan fingerprint density at radius 3 is 2.67 bits per heavy atom. The second kappa shape index (κ2) is 6.50. The molecule has 8 heteroatoms. The molecule has 3 saturated heterocycles. The Hall–Kier alpha value is -1.38. The van der Waals surface area contributed by atoms with Gasteiger partial charge in [0, 0.05) is 33.2 Å². The molecule has 2 bridgehead atoms. The maximum absolute atomic E-state index is 12.2. The molecule has 2 atom stereocenters. The summed E-state index contributed by atoms with van der Waals surface area (Å²) in [5.74, 6) is 1.77. The quantitative estimate of drug-likeness (QED) is 0.778. The smallest absolute Gasteiger partial charge is 0.227 e. The molecular formula is C16H25N3O4S. The van der Waals surface area contributed by atoms with E-state index in [2.05, 4.69) is 4.90 Å². The van der Waals surface area contributed by atoms with E-state index in [9.17, 15) is 13.2 Å². The summed E-state index contributed by atoms with van der Waals surface area (Å²) in [5, 5.41) is 0. The third kappa shape index (κ3) is 3.65. The number of rotatable bonds is 5. The molecule has 3 aliphatic heterocycles. The summed E-state index contributed by atoms with van der Waals surface area (Å²) < 4.78 is 30.0. The molecule has 0 unspecified atom stereocenters. The monoisotopic (exact) mass is 355 g/mol. The number of likely N-dealkylation sites (N-methyl/N-ethyl adjacent to an activating group) is 1. The third-order valence-electron chi connectivity index (χ3n) is 5.08. The van der Waals surface area contributed by atoms with E-state index < -0.39 is 10.0 Å². The van der Waals surface area contributed by atoms with Crippen LogP contribution in [0.1, 0.15) is 24.4 Å². The zero-order valence-electron chi connectivity index (χ0n) is 14.4. The molecular weight excluding hydrogens is 330 g/mol.